The summed E-state index contributed by atoms with van der Waals surface area (Å²) in [5, 5.41) is 36.5. The molecule has 12 nitrogen and oxygen atoms in total. The molecule has 0 aliphatic rings. The molecule has 188 valence electrons. The van der Waals surface area contributed by atoms with E-state index in [1.165, 1.54) is 9.80 Å². The highest BCUT2D eigenvalue weighted by molar-refractivity contribution is 5.73. The third kappa shape index (κ3) is 10.6. The van der Waals surface area contributed by atoms with Crippen molar-refractivity contribution in [2.45, 2.75) is 25.9 Å². The van der Waals surface area contributed by atoms with Gasteiger partial charge in [0, 0.05) is 18.8 Å². The highest BCUT2D eigenvalue weighted by Gasteiger charge is 2.18. The zero-order valence-corrected chi connectivity index (χ0v) is 19.0. The lowest BCUT2D eigenvalue weighted by Gasteiger charge is -2.21. The summed E-state index contributed by atoms with van der Waals surface area (Å²) in [5.74, 6) is -4.78. The van der Waals surface area contributed by atoms with E-state index in [0.717, 1.165) is 11.1 Å². The molecule has 0 amide bonds. The number of anilines is 1. The van der Waals surface area contributed by atoms with Crippen LogP contribution in [0.25, 0.3) is 0 Å². The number of carboxylic acid groups (broad SMARTS) is 4. The molecule has 6 N–H and O–H groups in total. The molecule has 0 fully saturated rings. The van der Waals surface area contributed by atoms with E-state index in [4.69, 9.17) is 26.2 Å². The van der Waals surface area contributed by atoms with Gasteiger partial charge in [0.05, 0.1) is 37.6 Å². The van der Waals surface area contributed by atoms with Crippen molar-refractivity contribution in [2.75, 3.05) is 31.9 Å². The second-order valence-electron chi connectivity index (χ2n) is 8.06. The lowest BCUT2D eigenvalue weighted by Crippen LogP contribution is -2.35. The molecular weight excluding hydrogens is 460 g/mol. The van der Waals surface area contributed by atoms with E-state index < -0.39 is 50.1 Å². The van der Waals surface area contributed by atoms with Crippen LogP contribution in [0, 0.1) is 0 Å². The fourth-order valence-corrected chi connectivity index (χ4v) is 3.56. The van der Waals surface area contributed by atoms with Gasteiger partial charge in [0.1, 0.15) is 0 Å². The molecular formula is C23H28N4O8. The van der Waals surface area contributed by atoms with Gasteiger partial charge >= 0.3 is 23.9 Å². The molecule has 2 aromatic rings. The highest BCUT2D eigenvalue weighted by atomic mass is 16.4. The number of nitrogen functional groups attached to an aromatic ring is 1. The maximum atomic E-state index is 11.2. The second-order valence-corrected chi connectivity index (χ2v) is 8.06. The zero-order chi connectivity index (χ0) is 26.0. The molecule has 0 aliphatic heterocycles. The SMILES string of the molecule is Nc1ccc(CCc2cc(CN(CC(=O)O)CC(=O)O)nc(CN(CC(=O)O)CC(=O)O)c2)cc1. The molecule has 0 unspecified atom stereocenters. The van der Waals surface area contributed by atoms with E-state index in [2.05, 4.69) is 4.98 Å². The first-order chi connectivity index (χ1) is 16.5. The molecule has 1 heterocycles. The van der Waals surface area contributed by atoms with E-state index in [0.29, 0.717) is 29.9 Å². The number of aromatic nitrogens is 1. The summed E-state index contributed by atoms with van der Waals surface area (Å²) in [6, 6.07) is 10.8. The molecule has 0 aliphatic carbocycles. The molecule has 1 aromatic heterocycles. The molecule has 0 radical (unpaired) electrons. The van der Waals surface area contributed by atoms with Gasteiger partial charge in [-0.25, -0.2) is 0 Å². The van der Waals surface area contributed by atoms with Crippen LogP contribution >= 0.6 is 0 Å². The monoisotopic (exact) mass is 488 g/mol. The average Bonchev–Trinajstić information content (AvgIpc) is 2.71. The first-order valence-electron chi connectivity index (χ1n) is 10.6. The molecule has 0 saturated carbocycles. The lowest BCUT2D eigenvalue weighted by atomic mass is 10.0. The quantitative estimate of drug-likeness (QED) is 0.217. The Labute approximate surface area is 201 Å². The number of carboxylic acids is 4. The molecule has 12 heteroatoms. The summed E-state index contributed by atoms with van der Waals surface area (Å²) in [4.78, 5) is 51.5. The minimum Gasteiger partial charge on any atom is -0.480 e. The fraction of sp³-hybridized carbons (Fsp3) is 0.348. The first kappa shape index (κ1) is 27.2. The molecule has 0 bridgehead atoms. The largest absolute Gasteiger partial charge is 0.480 e. The van der Waals surface area contributed by atoms with Gasteiger partial charge in [-0.2, -0.15) is 0 Å². The molecule has 35 heavy (non-hydrogen) atoms. The van der Waals surface area contributed by atoms with Gasteiger partial charge in [-0.05, 0) is 48.2 Å². The van der Waals surface area contributed by atoms with E-state index in [-0.39, 0.29) is 13.1 Å². The Balaban J connectivity index is 2.32. The second kappa shape index (κ2) is 13.0. The van der Waals surface area contributed by atoms with E-state index in [1.807, 2.05) is 12.1 Å². The van der Waals surface area contributed by atoms with E-state index in [1.54, 1.807) is 24.3 Å². The number of pyridine rings is 1. The van der Waals surface area contributed by atoms with Crippen LogP contribution < -0.4 is 5.73 Å². The van der Waals surface area contributed by atoms with E-state index in [9.17, 15) is 19.2 Å². The van der Waals surface area contributed by atoms with Gasteiger partial charge in [-0.15, -0.1) is 0 Å². The van der Waals surface area contributed by atoms with Crippen LogP contribution in [-0.2, 0) is 45.1 Å². The summed E-state index contributed by atoms with van der Waals surface area (Å²) >= 11 is 0. The number of aliphatic carboxylic acids is 4. The Hall–Kier alpha value is -4.03. The minimum absolute atomic E-state index is 0.0703. The van der Waals surface area contributed by atoms with Gasteiger partial charge in [0.15, 0.2) is 0 Å². The number of hydrogen-bond acceptors (Lipinski definition) is 8. The molecule has 0 atom stereocenters. The van der Waals surface area contributed by atoms with Crippen molar-refractivity contribution in [3.05, 3.63) is 58.9 Å². The summed E-state index contributed by atoms with van der Waals surface area (Å²) in [7, 11) is 0. The van der Waals surface area contributed by atoms with Crippen molar-refractivity contribution < 1.29 is 39.6 Å². The standard InChI is InChI=1S/C23H28N4O8/c24-17-5-3-15(4-6-17)1-2-16-7-18(9-26(11-20(28)29)12-21(30)31)25-19(8-16)10-27(13-22(32)33)14-23(34)35/h3-8H,1-2,9-14,24H2,(H,28,29)(H,30,31)(H,32,33)(H,34,35). The average molecular weight is 488 g/mol. The van der Waals surface area contributed by atoms with Gasteiger partial charge < -0.3 is 26.2 Å². The van der Waals surface area contributed by atoms with Gasteiger partial charge in [-0.3, -0.25) is 34.0 Å². The maximum Gasteiger partial charge on any atom is 0.317 e. The highest BCUT2D eigenvalue weighted by Crippen LogP contribution is 2.15. The number of benzene rings is 1. The normalized spacial score (nSPS) is 11.0. The molecule has 1 aromatic carbocycles. The number of carbonyl (C=O) groups is 4. The Kier molecular flexibility index (Phi) is 10.1. The summed E-state index contributed by atoms with van der Waals surface area (Å²) in [6.07, 6.45) is 1.20. The molecule has 2 rings (SSSR count). The van der Waals surface area contributed by atoms with Gasteiger partial charge in [0.25, 0.3) is 0 Å². The van der Waals surface area contributed by atoms with Crippen molar-refractivity contribution in [1.82, 2.24) is 14.8 Å². The van der Waals surface area contributed by atoms with E-state index >= 15 is 0 Å². The molecule has 0 spiro atoms. The fourth-order valence-electron chi connectivity index (χ4n) is 3.56. The van der Waals surface area contributed by atoms with Gasteiger partial charge in [0.2, 0.25) is 0 Å². The number of nitrogens with zero attached hydrogens (tertiary/aromatic N) is 3. The zero-order valence-electron chi connectivity index (χ0n) is 19.0. The van der Waals surface area contributed by atoms with Gasteiger partial charge in [-0.1, -0.05) is 12.1 Å². The van der Waals surface area contributed by atoms with Crippen LogP contribution in [0.4, 0.5) is 5.69 Å². The summed E-state index contributed by atoms with van der Waals surface area (Å²) in [6.45, 7) is -2.18. The van der Waals surface area contributed by atoms with Crippen LogP contribution in [0.15, 0.2) is 36.4 Å². The summed E-state index contributed by atoms with van der Waals surface area (Å²) < 4.78 is 0. The third-order valence-electron chi connectivity index (χ3n) is 4.88. The summed E-state index contributed by atoms with van der Waals surface area (Å²) in [5.41, 5.74) is 8.97. The van der Waals surface area contributed by atoms with Crippen LogP contribution in [0.5, 0.6) is 0 Å². The predicted molar refractivity (Wildman–Crippen MR) is 124 cm³/mol. The minimum atomic E-state index is -1.19. The Morgan fingerprint density at radius 2 is 1.03 bits per heavy atom. The lowest BCUT2D eigenvalue weighted by molar-refractivity contribution is -0.144. The third-order valence-corrected chi connectivity index (χ3v) is 4.88. The Morgan fingerprint density at radius 3 is 1.40 bits per heavy atom. The van der Waals surface area contributed by atoms with Crippen LogP contribution in [0.3, 0.4) is 0 Å². The van der Waals surface area contributed by atoms with Crippen LogP contribution in [0.2, 0.25) is 0 Å². The topological polar surface area (TPSA) is 195 Å². The number of aryl methyl sites for hydroxylation is 2. The van der Waals surface area contributed by atoms with Crippen molar-refractivity contribution in [2.24, 2.45) is 0 Å². The van der Waals surface area contributed by atoms with Crippen molar-refractivity contribution in [3.63, 3.8) is 0 Å². The van der Waals surface area contributed by atoms with Crippen LogP contribution in [0.1, 0.15) is 22.5 Å². The first-order valence-corrected chi connectivity index (χ1v) is 10.6. The number of rotatable bonds is 15. The Morgan fingerprint density at radius 1 is 0.657 bits per heavy atom. The smallest absolute Gasteiger partial charge is 0.317 e. The molecule has 0 saturated heterocycles. The predicted octanol–water partition coefficient (Wildman–Crippen LogP) is 0.391. The maximum absolute atomic E-state index is 11.2. The van der Waals surface area contributed by atoms with Crippen molar-refractivity contribution in [1.29, 1.82) is 0 Å². The van der Waals surface area contributed by atoms with Crippen LogP contribution in [-0.4, -0.2) is 85.3 Å². The number of hydrogen-bond donors (Lipinski definition) is 5. The number of nitrogens with two attached hydrogens (primary N) is 1. The van der Waals surface area contributed by atoms with Crippen molar-refractivity contribution in [3.8, 4) is 0 Å². The van der Waals surface area contributed by atoms with Crippen molar-refractivity contribution >= 4 is 29.6 Å². The Bertz CT molecular complexity index is 970.